The minimum atomic E-state index is -4.52. The second-order valence-corrected chi connectivity index (χ2v) is 6.88. The van der Waals surface area contributed by atoms with Gasteiger partial charge in [0.1, 0.15) is 11.7 Å². The lowest BCUT2D eigenvalue weighted by atomic mass is 9.97. The minimum absolute atomic E-state index is 0.0848. The van der Waals surface area contributed by atoms with Gasteiger partial charge in [0.15, 0.2) is 0 Å². The van der Waals surface area contributed by atoms with Crippen LogP contribution in [0.5, 0.6) is 0 Å². The molecule has 1 aromatic carbocycles. The van der Waals surface area contributed by atoms with Crippen molar-refractivity contribution in [3.8, 4) is 5.69 Å². The van der Waals surface area contributed by atoms with Gasteiger partial charge in [-0.1, -0.05) is 12.8 Å². The number of aromatic nitrogens is 2. The van der Waals surface area contributed by atoms with Crippen LogP contribution in [0.25, 0.3) is 5.69 Å². The molecule has 0 saturated heterocycles. The second-order valence-electron chi connectivity index (χ2n) is 6.88. The molecule has 1 heterocycles. The summed E-state index contributed by atoms with van der Waals surface area (Å²) in [6.45, 7) is 1.37. The highest BCUT2D eigenvalue weighted by molar-refractivity contribution is 5.97. The van der Waals surface area contributed by atoms with E-state index in [0.29, 0.717) is 5.69 Å². The second kappa shape index (κ2) is 8.04. The number of nitrogens with zero attached hydrogens (tertiary/aromatic N) is 2. The molecule has 2 amide bonds. The maximum atomic E-state index is 13.0. The number of carbonyl (C=O) groups excluding carboxylic acids is 2. The van der Waals surface area contributed by atoms with Gasteiger partial charge in [-0.2, -0.15) is 18.3 Å². The number of halogens is 3. The molecule has 28 heavy (non-hydrogen) atoms. The Morgan fingerprint density at radius 1 is 1.14 bits per heavy atom. The molecule has 0 radical (unpaired) electrons. The van der Waals surface area contributed by atoms with Crippen molar-refractivity contribution in [1.82, 2.24) is 15.1 Å². The number of carbonyl (C=O) groups is 2. The van der Waals surface area contributed by atoms with Crippen molar-refractivity contribution in [1.29, 1.82) is 0 Å². The van der Waals surface area contributed by atoms with Crippen LogP contribution < -0.4 is 10.6 Å². The van der Waals surface area contributed by atoms with Gasteiger partial charge in [-0.3, -0.25) is 9.59 Å². The Labute approximate surface area is 160 Å². The summed E-state index contributed by atoms with van der Waals surface area (Å²) in [5, 5.41) is 9.16. The number of amides is 2. The Morgan fingerprint density at radius 2 is 1.79 bits per heavy atom. The Kier molecular flexibility index (Phi) is 5.71. The van der Waals surface area contributed by atoms with Gasteiger partial charge in [0, 0.05) is 12.6 Å². The van der Waals surface area contributed by atoms with Crippen molar-refractivity contribution < 1.29 is 22.8 Å². The van der Waals surface area contributed by atoms with Crippen LogP contribution in [0.2, 0.25) is 0 Å². The van der Waals surface area contributed by atoms with Crippen molar-refractivity contribution in [3.63, 3.8) is 0 Å². The number of alkyl halides is 3. The van der Waals surface area contributed by atoms with E-state index in [0.717, 1.165) is 42.6 Å². The summed E-state index contributed by atoms with van der Waals surface area (Å²) in [6, 6.07) is 6.18. The average Bonchev–Trinajstić information content (AvgIpc) is 3.31. The van der Waals surface area contributed by atoms with Crippen molar-refractivity contribution in [2.24, 2.45) is 5.92 Å². The standard InChI is InChI=1S/C19H21F3N4O2/c1-12(27)24-17(13-4-2-3-5-13)18(28)25-14-6-8-15(9-7-14)26-16(10-11-23-26)19(20,21)22/h6-11,13,17H,2-5H2,1H3,(H,24,27)(H,25,28). The van der Waals surface area contributed by atoms with Crippen molar-refractivity contribution in [3.05, 3.63) is 42.2 Å². The topological polar surface area (TPSA) is 76.0 Å². The van der Waals surface area contributed by atoms with Crippen LogP contribution in [-0.2, 0) is 15.8 Å². The first-order chi connectivity index (χ1) is 13.3. The van der Waals surface area contributed by atoms with Gasteiger partial charge in [0.25, 0.3) is 0 Å². The van der Waals surface area contributed by atoms with E-state index in [4.69, 9.17) is 0 Å². The lowest BCUT2D eigenvalue weighted by Crippen LogP contribution is -2.47. The Hall–Kier alpha value is -2.84. The molecule has 150 valence electrons. The van der Waals surface area contributed by atoms with Crippen LogP contribution in [0.1, 0.15) is 38.3 Å². The Morgan fingerprint density at radius 3 is 2.36 bits per heavy atom. The molecule has 0 bridgehead atoms. The van der Waals surface area contributed by atoms with Gasteiger partial charge in [0.2, 0.25) is 11.8 Å². The summed E-state index contributed by atoms with van der Waals surface area (Å²) in [6.07, 6.45) is 0.351. The smallest absolute Gasteiger partial charge is 0.344 e. The molecule has 0 aliphatic heterocycles. The van der Waals surface area contributed by atoms with Crippen LogP contribution in [0.3, 0.4) is 0 Å². The molecule has 0 spiro atoms. The summed E-state index contributed by atoms with van der Waals surface area (Å²) < 4.78 is 39.8. The van der Waals surface area contributed by atoms with E-state index in [-0.39, 0.29) is 23.4 Å². The molecule has 1 aliphatic carbocycles. The molecular weight excluding hydrogens is 373 g/mol. The van der Waals surface area contributed by atoms with Crippen LogP contribution in [0.15, 0.2) is 36.5 Å². The first kappa shape index (κ1) is 19.9. The fraction of sp³-hybridized carbons (Fsp3) is 0.421. The first-order valence-electron chi connectivity index (χ1n) is 9.05. The largest absolute Gasteiger partial charge is 0.433 e. The lowest BCUT2D eigenvalue weighted by Gasteiger charge is -2.23. The van der Waals surface area contributed by atoms with E-state index in [1.54, 1.807) is 0 Å². The lowest BCUT2D eigenvalue weighted by molar-refractivity contribution is -0.142. The summed E-state index contributed by atoms with van der Waals surface area (Å²) >= 11 is 0. The predicted molar refractivity (Wildman–Crippen MR) is 96.8 cm³/mol. The number of hydrogen-bond donors (Lipinski definition) is 2. The zero-order valence-corrected chi connectivity index (χ0v) is 15.3. The molecule has 9 heteroatoms. The monoisotopic (exact) mass is 394 g/mol. The van der Waals surface area contributed by atoms with Crippen LogP contribution in [0.4, 0.5) is 18.9 Å². The van der Waals surface area contributed by atoms with Crippen molar-refractivity contribution >= 4 is 17.5 Å². The summed E-state index contributed by atoms with van der Waals surface area (Å²) in [5.41, 5.74) is -0.219. The van der Waals surface area contributed by atoms with E-state index < -0.39 is 17.9 Å². The molecule has 1 fully saturated rings. The maximum Gasteiger partial charge on any atom is 0.433 e. The van der Waals surface area contributed by atoms with Crippen molar-refractivity contribution in [2.45, 2.75) is 44.8 Å². The Bertz CT molecular complexity index is 840. The van der Waals surface area contributed by atoms with Gasteiger partial charge in [0.05, 0.1) is 11.9 Å². The number of hydrogen-bond acceptors (Lipinski definition) is 3. The molecule has 1 aliphatic rings. The van der Waals surface area contributed by atoms with Crippen LogP contribution >= 0.6 is 0 Å². The van der Waals surface area contributed by atoms with E-state index in [1.807, 2.05) is 0 Å². The third kappa shape index (κ3) is 4.52. The first-order valence-corrected chi connectivity index (χ1v) is 9.05. The number of anilines is 1. The molecule has 2 N–H and O–H groups in total. The zero-order chi connectivity index (χ0) is 20.3. The Balaban J connectivity index is 1.74. The molecule has 6 nitrogen and oxygen atoms in total. The van der Waals surface area contributed by atoms with Crippen molar-refractivity contribution in [2.75, 3.05) is 5.32 Å². The third-order valence-electron chi connectivity index (χ3n) is 4.83. The molecule has 1 unspecified atom stereocenters. The normalized spacial score (nSPS) is 16.0. The van der Waals surface area contributed by atoms with Gasteiger partial charge >= 0.3 is 6.18 Å². The van der Waals surface area contributed by atoms with Crippen LogP contribution in [-0.4, -0.2) is 27.6 Å². The highest BCUT2D eigenvalue weighted by atomic mass is 19.4. The number of nitrogens with one attached hydrogen (secondary N) is 2. The molecule has 1 atom stereocenters. The van der Waals surface area contributed by atoms with E-state index in [2.05, 4.69) is 15.7 Å². The number of rotatable bonds is 5. The van der Waals surface area contributed by atoms with E-state index in [9.17, 15) is 22.8 Å². The van der Waals surface area contributed by atoms with Gasteiger partial charge in [-0.05, 0) is 49.1 Å². The fourth-order valence-corrected chi connectivity index (χ4v) is 3.54. The summed E-state index contributed by atoms with van der Waals surface area (Å²) in [4.78, 5) is 24.1. The summed E-state index contributed by atoms with van der Waals surface area (Å²) in [5.74, 6) is -0.521. The highest BCUT2D eigenvalue weighted by Gasteiger charge is 2.35. The third-order valence-corrected chi connectivity index (χ3v) is 4.83. The van der Waals surface area contributed by atoms with Crippen LogP contribution in [0, 0.1) is 5.92 Å². The van der Waals surface area contributed by atoms with Gasteiger partial charge < -0.3 is 10.6 Å². The highest BCUT2D eigenvalue weighted by Crippen LogP contribution is 2.31. The van der Waals surface area contributed by atoms with E-state index in [1.165, 1.54) is 31.2 Å². The molecule has 3 rings (SSSR count). The SMILES string of the molecule is CC(=O)NC(C(=O)Nc1ccc(-n2nccc2C(F)(F)F)cc1)C1CCCC1. The summed E-state index contributed by atoms with van der Waals surface area (Å²) in [7, 11) is 0. The fourth-order valence-electron chi connectivity index (χ4n) is 3.54. The minimum Gasteiger partial charge on any atom is -0.344 e. The molecular formula is C19H21F3N4O2. The average molecular weight is 394 g/mol. The predicted octanol–water partition coefficient (Wildman–Crippen LogP) is 3.52. The van der Waals surface area contributed by atoms with Gasteiger partial charge in [-0.15, -0.1) is 0 Å². The quantitative estimate of drug-likeness (QED) is 0.815. The number of benzene rings is 1. The molecule has 1 aromatic heterocycles. The zero-order valence-electron chi connectivity index (χ0n) is 15.3. The molecule has 1 saturated carbocycles. The molecule has 2 aromatic rings. The maximum absolute atomic E-state index is 13.0. The van der Waals surface area contributed by atoms with Gasteiger partial charge in [-0.25, -0.2) is 4.68 Å². The van der Waals surface area contributed by atoms with E-state index >= 15 is 0 Å².